The molecule has 1 aromatic heterocycles. The molecule has 0 atom stereocenters. The summed E-state index contributed by atoms with van der Waals surface area (Å²) in [6.45, 7) is -0.195. The highest BCUT2D eigenvalue weighted by Crippen LogP contribution is 2.26. The third-order valence-corrected chi connectivity index (χ3v) is 2.86. The number of benzene rings is 1. The topological polar surface area (TPSA) is 110 Å². The molecule has 0 aliphatic rings. The van der Waals surface area contributed by atoms with Crippen molar-refractivity contribution in [3.05, 3.63) is 45.2 Å². The zero-order valence-electron chi connectivity index (χ0n) is 9.99. The fraction of sp³-hybridized carbons (Fsp3) is 0.0909. The maximum Gasteiger partial charge on any atom is 0.307 e. The fourth-order valence-corrected chi connectivity index (χ4v) is 1.84. The number of amides is 1. The summed E-state index contributed by atoms with van der Waals surface area (Å²) in [5, 5.41) is 26.3. The molecule has 8 nitrogen and oxygen atoms in total. The highest BCUT2D eigenvalue weighted by molar-refractivity contribution is 9.10. The maximum absolute atomic E-state index is 11.8. The Morgan fingerprint density at radius 2 is 2.30 bits per heavy atom. The predicted molar refractivity (Wildman–Crippen MR) is 73.3 cm³/mol. The van der Waals surface area contributed by atoms with Crippen LogP contribution in [0.25, 0.3) is 0 Å². The molecule has 0 radical (unpaired) electrons. The molecule has 0 saturated carbocycles. The molecule has 0 bridgehead atoms. The second kappa shape index (κ2) is 5.70. The number of phenols is 1. The van der Waals surface area contributed by atoms with Gasteiger partial charge in [0.15, 0.2) is 0 Å². The SMILES string of the molecule is O=C(Cn1cc([N+](=O)[O-])cn1)Nc1cc(Br)ccc1O. The van der Waals surface area contributed by atoms with Crippen molar-refractivity contribution in [1.29, 1.82) is 0 Å². The molecule has 0 unspecified atom stereocenters. The fourth-order valence-electron chi connectivity index (χ4n) is 1.48. The van der Waals surface area contributed by atoms with E-state index < -0.39 is 10.8 Å². The van der Waals surface area contributed by atoms with Gasteiger partial charge >= 0.3 is 5.69 Å². The lowest BCUT2D eigenvalue weighted by Gasteiger charge is -2.07. The van der Waals surface area contributed by atoms with Crippen molar-refractivity contribution in [2.24, 2.45) is 0 Å². The van der Waals surface area contributed by atoms with Crippen LogP contribution in [0.2, 0.25) is 0 Å². The molecule has 2 N–H and O–H groups in total. The van der Waals surface area contributed by atoms with Crippen LogP contribution in [0.3, 0.4) is 0 Å². The van der Waals surface area contributed by atoms with Crippen LogP contribution in [0.15, 0.2) is 35.1 Å². The summed E-state index contributed by atoms with van der Waals surface area (Å²) >= 11 is 3.22. The summed E-state index contributed by atoms with van der Waals surface area (Å²) < 4.78 is 1.84. The van der Waals surface area contributed by atoms with E-state index >= 15 is 0 Å². The van der Waals surface area contributed by atoms with Crippen LogP contribution in [0, 0.1) is 10.1 Å². The summed E-state index contributed by atoms with van der Waals surface area (Å²) in [4.78, 5) is 21.6. The van der Waals surface area contributed by atoms with Crippen molar-refractivity contribution in [1.82, 2.24) is 9.78 Å². The Hall–Kier alpha value is -2.42. The van der Waals surface area contributed by atoms with Gasteiger partial charge in [-0.05, 0) is 18.2 Å². The monoisotopic (exact) mass is 340 g/mol. The van der Waals surface area contributed by atoms with Crippen LogP contribution in [0.4, 0.5) is 11.4 Å². The van der Waals surface area contributed by atoms with Gasteiger partial charge < -0.3 is 10.4 Å². The normalized spacial score (nSPS) is 10.2. The molecule has 20 heavy (non-hydrogen) atoms. The Labute approximate surface area is 121 Å². The molecule has 2 aromatic rings. The molecular formula is C11H9BrN4O4. The molecule has 0 fully saturated rings. The van der Waals surface area contributed by atoms with Crippen molar-refractivity contribution in [3.8, 4) is 5.75 Å². The first-order valence-electron chi connectivity index (χ1n) is 5.41. The van der Waals surface area contributed by atoms with Crippen molar-refractivity contribution < 1.29 is 14.8 Å². The summed E-state index contributed by atoms with van der Waals surface area (Å²) in [7, 11) is 0. The molecule has 1 aromatic carbocycles. The third kappa shape index (κ3) is 3.32. The number of nitro groups is 1. The van der Waals surface area contributed by atoms with E-state index in [9.17, 15) is 20.0 Å². The van der Waals surface area contributed by atoms with Gasteiger partial charge in [-0.3, -0.25) is 19.6 Å². The highest BCUT2D eigenvalue weighted by atomic mass is 79.9. The number of nitrogens with zero attached hydrogens (tertiary/aromatic N) is 3. The van der Waals surface area contributed by atoms with Crippen molar-refractivity contribution in [2.75, 3.05) is 5.32 Å². The van der Waals surface area contributed by atoms with E-state index in [4.69, 9.17) is 0 Å². The largest absolute Gasteiger partial charge is 0.506 e. The Balaban J connectivity index is 2.05. The molecule has 1 amide bonds. The van der Waals surface area contributed by atoms with Gasteiger partial charge in [-0.1, -0.05) is 15.9 Å². The molecule has 9 heteroatoms. The second-order valence-electron chi connectivity index (χ2n) is 3.86. The van der Waals surface area contributed by atoms with Gasteiger partial charge in [0.25, 0.3) is 0 Å². The van der Waals surface area contributed by atoms with Gasteiger partial charge in [0.1, 0.15) is 24.7 Å². The molecule has 0 aliphatic carbocycles. The number of nitrogens with one attached hydrogen (secondary N) is 1. The smallest absolute Gasteiger partial charge is 0.307 e. The molecule has 0 spiro atoms. The van der Waals surface area contributed by atoms with E-state index in [1.807, 2.05) is 0 Å². The highest BCUT2D eigenvalue weighted by Gasteiger charge is 2.12. The summed E-state index contributed by atoms with van der Waals surface area (Å²) in [6.07, 6.45) is 2.21. The van der Waals surface area contributed by atoms with E-state index in [1.54, 1.807) is 12.1 Å². The number of hydrogen-bond donors (Lipinski definition) is 2. The number of carbonyl (C=O) groups is 1. The number of aromatic hydroxyl groups is 1. The lowest BCUT2D eigenvalue weighted by atomic mass is 10.3. The van der Waals surface area contributed by atoms with Gasteiger partial charge in [-0.15, -0.1) is 0 Å². The first-order chi connectivity index (χ1) is 9.45. The number of hydrogen-bond acceptors (Lipinski definition) is 5. The van der Waals surface area contributed by atoms with Crippen LogP contribution < -0.4 is 5.32 Å². The minimum atomic E-state index is -0.596. The maximum atomic E-state index is 11.8. The van der Waals surface area contributed by atoms with Crippen molar-refractivity contribution in [2.45, 2.75) is 6.54 Å². The average molecular weight is 341 g/mol. The Bertz CT molecular complexity index is 670. The van der Waals surface area contributed by atoms with Crippen LogP contribution in [0.5, 0.6) is 5.75 Å². The van der Waals surface area contributed by atoms with E-state index in [0.717, 1.165) is 17.1 Å². The van der Waals surface area contributed by atoms with Crippen LogP contribution in [-0.4, -0.2) is 25.7 Å². The van der Waals surface area contributed by atoms with E-state index in [2.05, 4.69) is 26.3 Å². The minimum absolute atomic E-state index is 0.0759. The Morgan fingerprint density at radius 1 is 1.55 bits per heavy atom. The number of rotatable bonds is 4. The lowest BCUT2D eigenvalue weighted by molar-refractivity contribution is -0.385. The van der Waals surface area contributed by atoms with Gasteiger partial charge in [-0.2, -0.15) is 5.10 Å². The molecule has 0 aliphatic heterocycles. The van der Waals surface area contributed by atoms with Gasteiger partial charge in [-0.25, -0.2) is 0 Å². The molecule has 1 heterocycles. The van der Waals surface area contributed by atoms with Crippen molar-refractivity contribution in [3.63, 3.8) is 0 Å². The number of aromatic nitrogens is 2. The molecule has 2 rings (SSSR count). The quantitative estimate of drug-likeness (QED) is 0.501. The first-order valence-corrected chi connectivity index (χ1v) is 6.20. The van der Waals surface area contributed by atoms with Gasteiger partial charge in [0.05, 0.1) is 10.6 Å². The zero-order chi connectivity index (χ0) is 14.7. The second-order valence-corrected chi connectivity index (χ2v) is 4.78. The standard InChI is InChI=1S/C11H9BrN4O4/c12-7-1-2-10(17)9(3-7)14-11(18)6-15-5-8(4-13-15)16(19)20/h1-5,17H,6H2,(H,14,18). The molecule has 104 valence electrons. The van der Waals surface area contributed by atoms with Gasteiger partial charge in [0.2, 0.25) is 5.91 Å². The van der Waals surface area contributed by atoms with Gasteiger partial charge in [0, 0.05) is 4.47 Å². The summed E-state index contributed by atoms with van der Waals surface area (Å²) in [6, 6.07) is 4.60. The number of anilines is 1. The Morgan fingerprint density at radius 3 is 2.95 bits per heavy atom. The van der Waals surface area contributed by atoms with Crippen LogP contribution >= 0.6 is 15.9 Å². The Kier molecular flexibility index (Phi) is 3.99. The summed E-state index contributed by atoms with van der Waals surface area (Å²) in [5.41, 5.74) is 0.0501. The predicted octanol–water partition coefficient (Wildman–Crippen LogP) is 1.90. The summed E-state index contributed by atoms with van der Waals surface area (Å²) in [5.74, 6) is -0.538. The third-order valence-electron chi connectivity index (χ3n) is 2.37. The number of carbonyl (C=O) groups excluding carboxylic acids is 1. The number of phenolic OH excluding ortho intramolecular Hbond substituents is 1. The molecular weight excluding hydrogens is 332 g/mol. The number of halogens is 1. The molecule has 0 saturated heterocycles. The average Bonchev–Trinajstić information content (AvgIpc) is 2.82. The van der Waals surface area contributed by atoms with Crippen LogP contribution in [-0.2, 0) is 11.3 Å². The minimum Gasteiger partial charge on any atom is -0.506 e. The van der Waals surface area contributed by atoms with Crippen molar-refractivity contribution >= 4 is 33.2 Å². The van der Waals surface area contributed by atoms with Crippen LogP contribution in [0.1, 0.15) is 0 Å². The van der Waals surface area contributed by atoms with E-state index in [1.165, 1.54) is 6.07 Å². The van der Waals surface area contributed by atoms with E-state index in [-0.39, 0.29) is 23.7 Å². The first kappa shape index (κ1) is 14.0. The lowest BCUT2D eigenvalue weighted by Crippen LogP contribution is -2.19. The zero-order valence-corrected chi connectivity index (χ0v) is 11.6. The van der Waals surface area contributed by atoms with E-state index in [0.29, 0.717) is 4.47 Å².